The summed E-state index contributed by atoms with van der Waals surface area (Å²) in [5.41, 5.74) is -0.961. The van der Waals surface area contributed by atoms with Gasteiger partial charge < -0.3 is 5.11 Å². The van der Waals surface area contributed by atoms with Crippen molar-refractivity contribution >= 4 is 23.0 Å². The van der Waals surface area contributed by atoms with Crippen LogP contribution in [0.3, 0.4) is 0 Å². The van der Waals surface area contributed by atoms with Gasteiger partial charge in [0.2, 0.25) is 0 Å². The number of H-pyrrole nitrogens is 2. The van der Waals surface area contributed by atoms with E-state index in [2.05, 4.69) is 25.3 Å². The summed E-state index contributed by atoms with van der Waals surface area (Å²) in [6, 6.07) is -0.525. The molecule has 3 aromatic heterocycles. The first-order chi connectivity index (χ1) is 11.0. The van der Waals surface area contributed by atoms with Gasteiger partial charge in [0.15, 0.2) is 23.2 Å². The van der Waals surface area contributed by atoms with Crippen LogP contribution >= 0.6 is 0 Å². The Morgan fingerprint density at radius 1 is 1.13 bits per heavy atom. The molecule has 0 radical (unpaired) electrons. The van der Waals surface area contributed by atoms with E-state index < -0.39 is 23.5 Å². The SMILES string of the molecule is CN1C(=O)Nc2c(ncn2-n2cnc3c(=O)[nH]c(=O)[nH]c32)C1O. The summed E-state index contributed by atoms with van der Waals surface area (Å²) < 4.78 is 2.68. The van der Waals surface area contributed by atoms with Gasteiger partial charge in [0.1, 0.15) is 18.3 Å². The summed E-state index contributed by atoms with van der Waals surface area (Å²) in [5.74, 6) is 0.209. The van der Waals surface area contributed by atoms with Crippen LogP contribution in [0.5, 0.6) is 0 Å². The second kappa shape index (κ2) is 4.30. The zero-order valence-corrected chi connectivity index (χ0v) is 11.6. The summed E-state index contributed by atoms with van der Waals surface area (Å²) in [5, 5.41) is 12.6. The van der Waals surface area contributed by atoms with Crippen LogP contribution in [0, 0.1) is 0 Å². The van der Waals surface area contributed by atoms with Gasteiger partial charge in [-0.05, 0) is 0 Å². The lowest BCUT2D eigenvalue weighted by Gasteiger charge is -2.28. The number of nitrogens with zero attached hydrogens (tertiary/aromatic N) is 5. The van der Waals surface area contributed by atoms with Gasteiger partial charge in [0.05, 0.1) is 0 Å². The summed E-state index contributed by atoms with van der Waals surface area (Å²) in [4.78, 5) is 48.6. The van der Waals surface area contributed by atoms with Gasteiger partial charge in [-0.3, -0.25) is 25.0 Å². The molecule has 1 aliphatic heterocycles. The number of carbonyl (C=O) groups excluding carboxylic acids is 1. The molecule has 1 atom stereocenters. The van der Waals surface area contributed by atoms with E-state index in [-0.39, 0.29) is 22.7 Å². The first kappa shape index (κ1) is 13.3. The molecule has 4 heterocycles. The summed E-state index contributed by atoms with van der Waals surface area (Å²) in [7, 11) is 1.42. The first-order valence-electron chi connectivity index (χ1n) is 6.47. The lowest BCUT2D eigenvalue weighted by atomic mass is 10.3. The van der Waals surface area contributed by atoms with Crippen LogP contribution in [0.4, 0.5) is 10.6 Å². The molecule has 23 heavy (non-hydrogen) atoms. The molecule has 0 saturated heterocycles. The number of anilines is 1. The zero-order valence-electron chi connectivity index (χ0n) is 11.6. The van der Waals surface area contributed by atoms with Crippen LogP contribution in [-0.2, 0) is 0 Å². The number of imidazole rings is 2. The van der Waals surface area contributed by atoms with Crippen LogP contribution in [0.1, 0.15) is 11.9 Å². The highest BCUT2D eigenvalue weighted by molar-refractivity contribution is 5.91. The van der Waals surface area contributed by atoms with E-state index in [1.165, 1.54) is 29.1 Å². The molecule has 3 aromatic rings. The molecular formula is C11H10N8O4. The maximum Gasteiger partial charge on any atom is 0.327 e. The predicted molar refractivity (Wildman–Crippen MR) is 75.7 cm³/mol. The van der Waals surface area contributed by atoms with E-state index in [4.69, 9.17) is 0 Å². The Hall–Kier alpha value is -3.41. The Labute approximate surface area is 126 Å². The number of hydrogen-bond donors (Lipinski definition) is 4. The topological polar surface area (TPSA) is 154 Å². The van der Waals surface area contributed by atoms with Crippen molar-refractivity contribution in [2.24, 2.45) is 0 Å². The monoisotopic (exact) mass is 318 g/mol. The third-order valence-electron chi connectivity index (χ3n) is 3.59. The van der Waals surface area contributed by atoms with Crippen molar-refractivity contribution in [3.05, 3.63) is 39.2 Å². The Morgan fingerprint density at radius 2 is 1.87 bits per heavy atom. The molecule has 0 saturated carbocycles. The van der Waals surface area contributed by atoms with Gasteiger partial charge in [-0.1, -0.05) is 0 Å². The minimum absolute atomic E-state index is 0.0202. The molecule has 0 spiro atoms. The molecule has 4 rings (SSSR count). The number of aromatic amines is 2. The molecule has 0 bridgehead atoms. The van der Waals surface area contributed by atoms with Crippen LogP contribution in [0.15, 0.2) is 22.2 Å². The summed E-state index contributed by atoms with van der Waals surface area (Å²) in [6.45, 7) is 0. The second-order valence-corrected chi connectivity index (χ2v) is 4.93. The van der Waals surface area contributed by atoms with Crippen molar-refractivity contribution in [1.29, 1.82) is 0 Å². The molecular weight excluding hydrogens is 308 g/mol. The fourth-order valence-electron chi connectivity index (χ4n) is 2.40. The largest absolute Gasteiger partial charge is 0.368 e. The molecule has 12 heteroatoms. The van der Waals surface area contributed by atoms with Crippen LogP contribution in [0.2, 0.25) is 0 Å². The molecule has 1 unspecified atom stereocenters. The predicted octanol–water partition coefficient (Wildman–Crippen LogP) is -1.61. The van der Waals surface area contributed by atoms with E-state index in [1.807, 2.05) is 0 Å². The van der Waals surface area contributed by atoms with Gasteiger partial charge >= 0.3 is 11.7 Å². The Bertz CT molecular complexity index is 1060. The molecule has 0 aromatic carbocycles. The van der Waals surface area contributed by atoms with E-state index in [1.54, 1.807) is 0 Å². The fourth-order valence-corrected chi connectivity index (χ4v) is 2.40. The van der Waals surface area contributed by atoms with Crippen molar-refractivity contribution in [3.63, 3.8) is 0 Å². The summed E-state index contributed by atoms with van der Waals surface area (Å²) >= 11 is 0. The average molecular weight is 318 g/mol. The number of hydrogen-bond acceptors (Lipinski definition) is 6. The molecule has 0 aliphatic carbocycles. The van der Waals surface area contributed by atoms with Crippen molar-refractivity contribution in [2.45, 2.75) is 6.23 Å². The van der Waals surface area contributed by atoms with Crippen molar-refractivity contribution in [3.8, 4) is 0 Å². The number of carbonyl (C=O) groups is 1. The van der Waals surface area contributed by atoms with Crippen molar-refractivity contribution < 1.29 is 9.90 Å². The van der Waals surface area contributed by atoms with Crippen LogP contribution in [-0.4, -0.2) is 52.4 Å². The molecule has 2 amide bonds. The van der Waals surface area contributed by atoms with Crippen molar-refractivity contribution in [2.75, 3.05) is 12.4 Å². The quantitative estimate of drug-likeness (QED) is 0.423. The highest BCUT2D eigenvalue weighted by atomic mass is 16.3. The highest BCUT2D eigenvalue weighted by Gasteiger charge is 2.32. The molecule has 4 N–H and O–H groups in total. The lowest BCUT2D eigenvalue weighted by molar-refractivity contribution is 0.0441. The number of amides is 2. The highest BCUT2D eigenvalue weighted by Crippen LogP contribution is 2.29. The van der Waals surface area contributed by atoms with E-state index in [9.17, 15) is 19.5 Å². The fraction of sp³-hybridized carbons (Fsp3) is 0.182. The smallest absolute Gasteiger partial charge is 0.327 e. The van der Waals surface area contributed by atoms with Crippen molar-refractivity contribution in [1.82, 2.24) is 34.2 Å². The second-order valence-electron chi connectivity index (χ2n) is 4.93. The van der Waals surface area contributed by atoms with Gasteiger partial charge in [-0.25, -0.2) is 28.9 Å². The molecule has 1 aliphatic rings. The number of nitrogens with one attached hydrogen (secondary N) is 3. The minimum Gasteiger partial charge on any atom is -0.368 e. The van der Waals surface area contributed by atoms with Crippen LogP contribution < -0.4 is 16.6 Å². The molecule has 0 fully saturated rings. The number of aromatic nitrogens is 6. The molecule has 118 valence electrons. The van der Waals surface area contributed by atoms with Gasteiger partial charge in [0.25, 0.3) is 5.56 Å². The van der Waals surface area contributed by atoms with Gasteiger partial charge in [-0.15, -0.1) is 0 Å². The van der Waals surface area contributed by atoms with Gasteiger partial charge in [0, 0.05) is 7.05 Å². The third-order valence-corrected chi connectivity index (χ3v) is 3.59. The number of fused-ring (bicyclic) bond motifs is 2. The number of aliphatic hydroxyl groups is 1. The summed E-state index contributed by atoms with van der Waals surface area (Å²) in [6.07, 6.45) is 1.40. The normalized spacial score (nSPS) is 17.4. The number of rotatable bonds is 1. The zero-order chi connectivity index (χ0) is 16.3. The standard InChI is InChI=1S/C11H10N8O4/c1-17-9(21)5-7(15-11(17)23)19(3-13-5)18-2-12-4-6(18)14-10(22)16-8(4)20/h2-3,9,21H,1H3,(H,15,23)(H2,14,16,20,22). The first-order valence-corrected chi connectivity index (χ1v) is 6.47. The van der Waals surface area contributed by atoms with E-state index >= 15 is 0 Å². The maximum atomic E-state index is 11.8. The Kier molecular flexibility index (Phi) is 2.48. The van der Waals surface area contributed by atoms with E-state index in [0.29, 0.717) is 0 Å². The third kappa shape index (κ3) is 1.72. The molecule has 12 nitrogen and oxygen atoms in total. The Balaban J connectivity index is 1.98. The maximum absolute atomic E-state index is 11.8. The number of aliphatic hydroxyl groups excluding tert-OH is 1. The van der Waals surface area contributed by atoms with Gasteiger partial charge in [-0.2, -0.15) is 0 Å². The minimum atomic E-state index is -1.21. The van der Waals surface area contributed by atoms with E-state index in [0.717, 1.165) is 4.90 Å². The lowest BCUT2D eigenvalue weighted by Crippen LogP contribution is -2.40. The Morgan fingerprint density at radius 3 is 2.65 bits per heavy atom. The van der Waals surface area contributed by atoms with Crippen LogP contribution in [0.25, 0.3) is 11.2 Å². The number of urea groups is 1. The average Bonchev–Trinajstić information content (AvgIpc) is 3.08.